The Morgan fingerprint density at radius 3 is 2.63 bits per heavy atom. The zero-order valence-electron chi connectivity index (χ0n) is 15.9. The van der Waals surface area contributed by atoms with Gasteiger partial charge in [0.1, 0.15) is 6.04 Å². The van der Waals surface area contributed by atoms with Gasteiger partial charge in [-0.25, -0.2) is 8.42 Å². The quantitative estimate of drug-likeness (QED) is 0.624. The van der Waals surface area contributed by atoms with Crippen LogP contribution in [0.25, 0.3) is 11.4 Å². The van der Waals surface area contributed by atoms with Gasteiger partial charge in [-0.05, 0) is 37.1 Å². The molecule has 1 amide bonds. The highest BCUT2D eigenvalue weighted by Crippen LogP contribution is 2.27. The Morgan fingerprint density at radius 1 is 1.17 bits per heavy atom. The molecule has 0 radical (unpaired) electrons. The van der Waals surface area contributed by atoms with Crippen molar-refractivity contribution in [2.45, 2.75) is 30.3 Å². The summed E-state index contributed by atoms with van der Waals surface area (Å²) >= 11 is 5.85. The third kappa shape index (κ3) is 4.23. The SMILES string of the molecule is O=C(NCc1nc(-c2ccccc2)no1)[C@@H]1CCCN1S(=O)(=O)c1ccc(Cl)cc1. The second-order valence-corrected chi connectivity index (χ2v) is 9.15. The molecule has 2 aromatic carbocycles. The van der Waals surface area contributed by atoms with Crippen LogP contribution >= 0.6 is 11.6 Å². The van der Waals surface area contributed by atoms with Crippen LogP contribution in [0.1, 0.15) is 18.7 Å². The van der Waals surface area contributed by atoms with Crippen molar-refractivity contribution in [3.05, 3.63) is 65.5 Å². The zero-order valence-corrected chi connectivity index (χ0v) is 17.4. The summed E-state index contributed by atoms with van der Waals surface area (Å²) in [6, 6.07) is 14.4. The molecule has 8 nitrogen and oxygen atoms in total. The smallest absolute Gasteiger partial charge is 0.246 e. The topological polar surface area (TPSA) is 105 Å². The number of hydrogen-bond acceptors (Lipinski definition) is 6. The number of rotatable bonds is 6. The molecule has 0 bridgehead atoms. The van der Waals surface area contributed by atoms with Crippen LogP contribution in [-0.2, 0) is 21.4 Å². The number of benzene rings is 2. The molecule has 1 saturated heterocycles. The summed E-state index contributed by atoms with van der Waals surface area (Å²) in [7, 11) is -3.80. The van der Waals surface area contributed by atoms with E-state index in [1.54, 1.807) is 0 Å². The molecule has 30 heavy (non-hydrogen) atoms. The van der Waals surface area contributed by atoms with Gasteiger partial charge in [-0.1, -0.05) is 47.1 Å². The predicted molar refractivity (Wildman–Crippen MR) is 110 cm³/mol. The van der Waals surface area contributed by atoms with E-state index in [0.717, 1.165) is 5.56 Å². The second kappa shape index (κ2) is 8.55. The first-order valence-corrected chi connectivity index (χ1v) is 11.2. The second-order valence-electron chi connectivity index (χ2n) is 6.82. The molecule has 1 aliphatic rings. The Balaban J connectivity index is 1.43. The van der Waals surface area contributed by atoms with Crippen molar-refractivity contribution in [2.75, 3.05) is 6.54 Å². The minimum atomic E-state index is -3.80. The molecule has 1 aliphatic heterocycles. The first-order chi connectivity index (χ1) is 14.4. The van der Waals surface area contributed by atoms with E-state index in [4.69, 9.17) is 16.1 Å². The standard InChI is InChI=1S/C20H19ClN4O4S/c21-15-8-10-16(11-9-15)30(27,28)25-12-4-7-17(25)20(26)22-13-18-23-19(24-29-18)14-5-2-1-3-6-14/h1-3,5-6,8-11,17H,4,7,12-13H2,(H,22,26)/t17-/m0/s1. The summed E-state index contributed by atoms with van der Waals surface area (Å²) in [5.41, 5.74) is 0.801. The third-order valence-corrected chi connectivity index (χ3v) is 7.01. The van der Waals surface area contributed by atoms with E-state index in [0.29, 0.717) is 23.7 Å². The van der Waals surface area contributed by atoms with Gasteiger partial charge in [-0.3, -0.25) is 4.79 Å². The van der Waals surface area contributed by atoms with Crippen molar-refractivity contribution in [3.63, 3.8) is 0 Å². The fourth-order valence-electron chi connectivity index (χ4n) is 3.34. The van der Waals surface area contributed by atoms with E-state index >= 15 is 0 Å². The fraction of sp³-hybridized carbons (Fsp3) is 0.250. The van der Waals surface area contributed by atoms with E-state index in [1.165, 1.54) is 28.6 Å². The van der Waals surface area contributed by atoms with Crippen LogP contribution in [0.5, 0.6) is 0 Å². The van der Waals surface area contributed by atoms with Crippen LogP contribution in [-0.4, -0.2) is 41.4 Å². The van der Waals surface area contributed by atoms with Crippen molar-refractivity contribution >= 4 is 27.5 Å². The van der Waals surface area contributed by atoms with Crippen molar-refractivity contribution in [1.29, 1.82) is 0 Å². The van der Waals surface area contributed by atoms with E-state index in [1.807, 2.05) is 30.3 Å². The Labute approximate surface area is 178 Å². The van der Waals surface area contributed by atoms with Gasteiger partial charge < -0.3 is 9.84 Å². The summed E-state index contributed by atoms with van der Waals surface area (Å²) < 4.78 is 32.3. The number of carbonyl (C=O) groups is 1. The molecule has 0 unspecified atom stereocenters. The van der Waals surface area contributed by atoms with Crippen LogP contribution in [0.3, 0.4) is 0 Å². The first kappa shape index (κ1) is 20.5. The lowest BCUT2D eigenvalue weighted by molar-refractivity contribution is -0.124. The Morgan fingerprint density at radius 2 is 1.90 bits per heavy atom. The highest BCUT2D eigenvalue weighted by molar-refractivity contribution is 7.89. The number of aromatic nitrogens is 2. The third-order valence-electron chi connectivity index (χ3n) is 4.84. The maximum atomic E-state index is 13.0. The van der Waals surface area contributed by atoms with Crippen molar-refractivity contribution in [2.24, 2.45) is 0 Å². The molecule has 0 spiro atoms. The molecule has 1 fully saturated rings. The van der Waals surface area contributed by atoms with Gasteiger partial charge in [0.15, 0.2) is 0 Å². The van der Waals surface area contributed by atoms with Gasteiger partial charge in [-0.2, -0.15) is 9.29 Å². The molecule has 2 heterocycles. The van der Waals surface area contributed by atoms with Crippen LogP contribution in [0, 0.1) is 0 Å². The normalized spacial score (nSPS) is 17.2. The maximum absolute atomic E-state index is 13.0. The Hall–Kier alpha value is -2.75. The summed E-state index contributed by atoms with van der Waals surface area (Å²) in [5, 5.41) is 7.06. The van der Waals surface area contributed by atoms with Crippen LogP contribution in [0.2, 0.25) is 5.02 Å². The lowest BCUT2D eigenvalue weighted by Gasteiger charge is -2.23. The van der Waals surface area contributed by atoms with E-state index in [9.17, 15) is 13.2 Å². The van der Waals surface area contributed by atoms with Gasteiger partial charge in [-0.15, -0.1) is 0 Å². The van der Waals surface area contributed by atoms with Crippen molar-refractivity contribution in [3.8, 4) is 11.4 Å². The predicted octanol–water partition coefficient (Wildman–Crippen LogP) is 2.86. The number of sulfonamides is 1. The summed E-state index contributed by atoms with van der Waals surface area (Å²) in [6.45, 7) is 0.297. The molecule has 10 heteroatoms. The van der Waals surface area contributed by atoms with E-state index in [2.05, 4.69) is 15.5 Å². The monoisotopic (exact) mass is 446 g/mol. The number of nitrogens with zero attached hydrogens (tertiary/aromatic N) is 3. The Bertz CT molecular complexity index is 1130. The number of nitrogens with one attached hydrogen (secondary N) is 1. The van der Waals surface area contributed by atoms with Crippen LogP contribution < -0.4 is 5.32 Å². The molecule has 0 aliphatic carbocycles. The number of halogens is 1. The molecule has 0 saturated carbocycles. The zero-order chi connectivity index (χ0) is 21.1. The number of carbonyl (C=O) groups excluding carboxylic acids is 1. The molecule has 1 N–H and O–H groups in total. The highest BCUT2D eigenvalue weighted by atomic mass is 35.5. The molecule has 156 valence electrons. The lowest BCUT2D eigenvalue weighted by atomic mass is 10.2. The van der Waals surface area contributed by atoms with E-state index < -0.39 is 22.0 Å². The largest absolute Gasteiger partial charge is 0.346 e. The fourth-order valence-corrected chi connectivity index (χ4v) is 5.13. The molecular formula is C20H19ClN4O4S. The van der Waals surface area contributed by atoms with Crippen LogP contribution in [0.15, 0.2) is 64.0 Å². The molecular weight excluding hydrogens is 428 g/mol. The maximum Gasteiger partial charge on any atom is 0.246 e. The summed E-state index contributed by atoms with van der Waals surface area (Å²) in [6.07, 6.45) is 1.04. The molecule has 1 aromatic heterocycles. The van der Waals surface area contributed by atoms with Gasteiger partial charge in [0.25, 0.3) is 0 Å². The number of hydrogen-bond donors (Lipinski definition) is 1. The van der Waals surface area contributed by atoms with Crippen molar-refractivity contribution in [1.82, 2.24) is 19.8 Å². The Kier molecular flexibility index (Phi) is 5.85. The molecule has 3 aromatic rings. The highest BCUT2D eigenvalue weighted by Gasteiger charge is 2.39. The molecule has 4 rings (SSSR count). The minimum Gasteiger partial charge on any atom is -0.346 e. The van der Waals surface area contributed by atoms with Gasteiger partial charge in [0, 0.05) is 17.1 Å². The van der Waals surface area contributed by atoms with Gasteiger partial charge in [0.05, 0.1) is 11.4 Å². The average Bonchev–Trinajstić information content (AvgIpc) is 3.43. The summed E-state index contributed by atoms with van der Waals surface area (Å²) in [5.74, 6) is 0.268. The number of amides is 1. The van der Waals surface area contributed by atoms with Crippen LogP contribution in [0.4, 0.5) is 0 Å². The molecule has 1 atom stereocenters. The van der Waals surface area contributed by atoms with Gasteiger partial charge >= 0.3 is 0 Å². The van der Waals surface area contributed by atoms with Crippen molar-refractivity contribution < 1.29 is 17.7 Å². The minimum absolute atomic E-state index is 0.0179. The first-order valence-electron chi connectivity index (χ1n) is 9.38. The van der Waals surface area contributed by atoms with E-state index in [-0.39, 0.29) is 23.9 Å². The lowest BCUT2D eigenvalue weighted by Crippen LogP contribution is -2.45. The average molecular weight is 447 g/mol. The summed E-state index contributed by atoms with van der Waals surface area (Å²) in [4.78, 5) is 17.1. The van der Waals surface area contributed by atoms with Gasteiger partial charge in [0.2, 0.25) is 27.6 Å².